The van der Waals surface area contributed by atoms with Crippen molar-refractivity contribution in [1.29, 1.82) is 0 Å². The van der Waals surface area contributed by atoms with Crippen molar-refractivity contribution in [1.82, 2.24) is 0 Å². The quantitative estimate of drug-likeness (QED) is 0.729. The third-order valence-corrected chi connectivity index (χ3v) is 2.81. The van der Waals surface area contributed by atoms with Gasteiger partial charge in [-0.3, -0.25) is 9.59 Å². The predicted octanol–water partition coefficient (Wildman–Crippen LogP) is 2.44. The second-order valence-electron chi connectivity index (χ2n) is 3.41. The minimum absolute atomic E-state index is 0.0213. The van der Waals surface area contributed by atoms with Crippen molar-refractivity contribution >= 4 is 40.6 Å². The summed E-state index contributed by atoms with van der Waals surface area (Å²) in [6, 6.07) is 2.11. The van der Waals surface area contributed by atoms with Gasteiger partial charge in [0.05, 0.1) is 28.7 Å². The normalized spacial score (nSPS) is 16.1. The van der Waals surface area contributed by atoms with Crippen LogP contribution >= 0.6 is 23.2 Å². The van der Waals surface area contributed by atoms with Crippen LogP contribution in [0.25, 0.3) is 0 Å². The number of carbonyl (C=O) groups excluding carboxylic acids is 2. The number of Topliss-reactive ketones (excluding diaryl/α,β-unsaturated/α-hetero) is 1. The lowest BCUT2D eigenvalue weighted by atomic mass is 10.3. The van der Waals surface area contributed by atoms with Gasteiger partial charge in [-0.2, -0.15) is 0 Å². The third-order valence-electron chi connectivity index (χ3n) is 2.24. The summed E-state index contributed by atoms with van der Waals surface area (Å²) in [7, 11) is 0. The van der Waals surface area contributed by atoms with Crippen LogP contribution in [0, 0.1) is 5.82 Å². The summed E-state index contributed by atoms with van der Waals surface area (Å²) in [4.78, 5) is 23.7. The van der Waals surface area contributed by atoms with E-state index in [9.17, 15) is 14.0 Å². The minimum Gasteiger partial charge on any atom is -0.302 e. The summed E-state index contributed by atoms with van der Waals surface area (Å²) >= 11 is 11.6. The Hall–Kier alpha value is -1.13. The van der Waals surface area contributed by atoms with Gasteiger partial charge in [-0.15, -0.1) is 0 Å². The van der Waals surface area contributed by atoms with E-state index in [1.165, 1.54) is 4.90 Å². The van der Waals surface area contributed by atoms with Gasteiger partial charge < -0.3 is 4.90 Å². The van der Waals surface area contributed by atoms with E-state index in [1.54, 1.807) is 0 Å². The van der Waals surface area contributed by atoms with Crippen molar-refractivity contribution in [2.45, 2.75) is 6.42 Å². The average molecular weight is 262 g/mol. The van der Waals surface area contributed by atoms with Crippen molar-refractivity contribution in [3.05, 3.63) is 28.0 Å². The van der Waals surface area contributed by atoms with Gasteiger partial charge in [-0.1, -0.05) is 23.2 Å². The van der Waals surface area contributed by atoms with Crippen molar-refractivity contribution in [2.75, 3.05) is 11.4 Å². The molecule has 0 aliphatic carbocycles. The number of ketones is 1. The molecular formula is C10H6Cl2FNO2. The summed E-state index contributed by atoms with van der Waals surface area (Å²) < 4.78 is 12.9. The number of anilines is 1. The Kier molecular flexibility index (Phi) is 2.86. The summed E-state index contributed by atoms with van der Waals surface area (Å²) in [5, 5.41) is 0.0427. The van der Waals surface area contributed by atoms with E-state index in [1.807, 2.05) is 0 Å². The van der Waals surface area contributed by atoms with Crippen molar-refractivity contribution < 1.29 is 14.0 Å². The molecule has 3 nitrogen and oxygen atoms in total. The lowest BCUT2D eigenvalue weighted by Crippen LogP contribution is -2.25. The highest BCUT2D eigenvalue weighted by atomic mass is 35.5. The topological polar surface area (TPSA) is 37.4 Å². The Labute approximate surface area is 101 Å². The number of hydrogen-bond donors (Lipinski definition) is 0. The second-order valence-corrected chi connectivity index (χ2v) is 4.23. The molecular weight excluding hydrogens is 256 g/mol. The number of hydrogen-bond acceptors (Lipinski definition) is 2. The van der Waals surface area contributed by atoms with Crippen molar-refractivity contribution in [2.24, 2.45) is 0 Å². The standard InChI is InChI=1S/C10H6Cl2FNO2/c11-7-1-5(13)2-8(12)10(7)14-4-6(15)3-9(14)16/h1-2H,3-4H2. The van der Waals surface area contributed by atoms with E-state index >= 15 is 0 Å². The minimum atomic E-state index is -0.586. The van der Waals surface area contributed by atoms with Gasteiger partial charge in [0.1, 0.15) is 5.82 Å². The SMILES string of the molecule is O=C1CC(=O)N(c2c(Cl)cc(F)cc2Cl)C1. The van der Waals surface area contributed by atoms with Gasteiger partial charge in [0.25, 0.3) is 0 Å². The number of nitrogens with zero attached hydrogens (tertiary/aromatic N) is 1. The van der Waals surface area contributed by atoms with E-state index in [0.717, 1.165) is 12.1 Å². The Morgan fingerprint density at radius 2 is 1.75 bits per heavy atom. The molecule has 0 aromatic heterocycles. The van der Waals surface area contributed by atoms with Gasteiger partial charge in [-0.05, 0) is 12.1 Å². The molecule has 0 unspecified atom stereocenters. The molecule has 1 aromatic rings. The van der Waals surface area contributed by atoms with Crippen LogP contribution < -0.4 is 4.90 Å². The Balaban J connectivity index is 2.48. The van der Waals surface area contributed by atoms with Gasteiger partial charge >= 0.3 is 0 Å². The predicted molar refractivity (Wildman–Crippen MR) is 58.4 cm³/mol. The maximum absolute atomic E-state index is 12.9. The summed E-state index contributed by atoms with van der Waals surface area (Å²) in [5.74, 6) is -1.17. The first-order valence-electron chi connectivity index (χ1n) is 4.45. The first kappa shape index (κ1) is 11.4. The third kappa shape index (κ3) is 1.90. The van der Waals surface area contributed by atoms with E-state index in [0.29, 0.717) is 0 Å². The molecule has 0 saturated carbocycles. The highest BCUT2D eigenvalue weighted by Crippen LogP contribution is 2.36. The summed E-state index contributed by atoms with van der Waals surface area (Å²) in [6.45, 7) is -0.0656. The molecule has 1 aromatic carbocycles. The molecule has 0 atom stereocenters. The van der Waals surface area contributed by atoms with Crippen LogP contribution in [0.3, 0.4) is 0 Å². The smallest absolute Gasteiger partial charge is 0.235 e. The average Bonchev–Trinajstić information content (AvgIpc) is 2.43. The molecule has 1 amide bonds. The zero-order chi connectivity index (χ0) is 11.9. The fourth-order valence-corrected chi connectivity index (χ4v) is 2.25. The number of halogens is 3. The first-order valence-corrected chi connectivity index (χ1v) is 5.21. The van der Waals surface area contributed by atoms with Gasteiger partial charge in [0, 0.05) is 0 Å². The van der Waals surface area contributed by atoms with E-state index in [4.69, 9.17) is 23.2 Å². The molecule has 1 aliphatic heterocycles. The molecule has 2 rings (SSSR count). The lowest BCUT2D eigenvalue weighted by Gasteiger charge is -2.17. The maximum Gasteiger partial charge on any atom is 0.235 e. The zero-order valence-corrected chi connectivity index (χ0v) is 9.48. The van der Waals surface area contributed by atoms with Gasteiger partial charge in [-0.25, -0.2) is 4.39 Å². The molecule has 1 heterocycles. The molecule has 1 aliphatic rings. The van der Waals surface area contributed by atoms with E-state index < -0.39 is 5.82 Å². The van der Waals surface area contributed by atoms with Gasteiger partial charge in [0.15, 0.2) is 5.78 Å². The highest BCUT2D eigenvalue weighted by molar-refractivity contribution is 6.40. The maximum atomic E-state index is 12.9. The van der Waals surface area contributed by atoms with E-state index in [2.05, 4.69) is 0 Å². The molecule has 1 fully saturated rings. The molecule has 0 N–H and O–H groups in total. The first-order chi connectivity index (χ1) is 7.49. The zero-order valence-electron chi connectivity index (χ0n) is 7.97. The van der Waals surface area contributed by atoms with Crippen LogP contribution in [0.5, 0.6) is 0 Å². The molecule has 84 valence electrons. The largest absolute Gasteiger partial charge is 0.302 e. The fourth-order valence-electron chi connectivity index (χ4n) is 1.58. The van der Waals surface area contributed by atoms with Gasteiger partial charge in [0.2, 0.25) is 5.91 Å². The Bertz CT molecular complexity index is 467. The number of amides is 1. The fraction of sp³-hybridized carbons (Fsp3) is 0.200. The number of carbonyl (C=O) groups is 2. The van der Waals surface area contributed by atoms with Crippen LogP contribution in [-0.2, 0) is 9.59 Å². The Morgan fingerprint density at radius 3 is 2.19 bits per heavy atom. The number of rotatable bonds is 1. The number of benzene rings is 1. The van der Waals surface area contributed by atoms with Crippen LogP contribution in [0.1, 0.15) is 6.42 Å². The van der Waals surface area contributed by atoms with Crippen molar-refractivity contribution in [3.63, 3.8) is 0 Å². The highest BCUT2D eigenvalue weighted by Gasteiger charge is 2.31. The summed E-state index contributed by atoms with van der Waals surface area (Å²) in [5.41, 5.74) is 0.195. The van der Waals surface area contributed by atoms with Crippen LogP contribution in [0.2, 0.25) is 10.0 Å². The molecule has 0 spiro atoms. The molecule has 1 saturated heterocycles. The van der Waals surface area contributed by atoms with E-state index in [-0.39, 0.29) is 40.4 Å². The summed E-state index contributed by atoms with van der Waals surface area (Å²) in [6.07, 6.45) is -0.163. The molecule has 0 radical (unpaired) electrons. The second kappa shape index (κ2) is 4.03. The Morgan fingerprint density at radius 1 is 1.19 bits per heavy atom. The molecule has 6 heteroatoms. The van der Waals surface area contributed by atoms with Crippen LogP contribution in [0.15, 0.2) is 12.1 Å². The monoisotopic (exact) mass is 261 g/mol. The molecule has 16 heavy (non-hydrogen) atoms. The lowest BCUT2D eigenvalue weighted by molar-refractivity contribution is -0.121. The molecule has 0 bridgehead atoms. The van der Waals surface area contributed by atoms with Crippen LogP contribution in [-0.4, -0.2) is 18.2 Å². The van der Waals surface area contributed by atoms with Crippen molar-refractivity contribution in [3.8, 4) is 0 Å². The van der Waals surface area contributed by atoms with Crippen LogP contribution in [0.4, 0.5) is 10.1 Å².